The number of hydrogen-bond donors (Lipinski definition) is 3. The van der Waals surface area contributed by atoms with E-state index in [1.54, 1.807) is 0 Å². The minimum Gasteiger partial charge on any atom is -0.327 e. The Kier molecular flexibility index (Phi) is 8.98. The van der Waals surface area contributed by atoms with Crippen molar-refractivity contribution in [2.24, 2.45) is 5.73 Å². The minimum absolute atomic E-state index is 0. The Labute approximate surface area is 94.4 Å². The molecule has 0 aromatic heterocycles. The summed E-state index contributed by atoms with van der Waals surface area (Å²) in [5.41, 5.74) is 5.33. The molecule has 0 heterocycles. The third kappa shape index (κ3) is 11.2. The Balaban J connectivity index is 0. The van der Waals surface area contributed by atoms with E-state index in [4.69, 9.17) is 10.3 Å². The molecular formula is C4H11NNaO3S2. The SMILES string of the molecule is N[C@H](CS)CCS(=O)(=O)O.[Na]. The zero-order chi connectivity index (χ0) is 8.20. The van der Waals surface area contributed by atoms with E-state index < -0.39 is 10.1 Å². The van der Waals surface area contributed by atoms with E-state index in [2.05, 4.69) is 12.6 Å². The van der Waals surface area contributed by atoms with E-state index >= 15 is 0 Å². The monoisotopic (exact) mass is 208 g/mol. The van der Waals surface area contributed by atoms with E-state index in [9.17, 15) is 8.42 Å². The Morgan fingerprint density at radius 1 is 1.55 bits per heavy atom. The van der Waals surface area contributed by atoms with Gasteiger partial charge in [0.1, 0.15) is 0 Å². The molecule has 0 aliphatic rings. The van der Waals surface area contributed by atoms with Crippen molar-refractivity contribution < 1.29 is 13.0 Å². The number of rotatable bonds is 4. The average Bonchev–Trinajstić information content (AvgIpc) is 1.81. The van der Waals surface area contributed by atoms with E-state index in [-0.39, 0.29) is 47.8 Å². The van der Waals surface area contributed by atoms with Gasteiger partial charge in [0.15, 0.2) is 0 Å². The first-order chi connectivity index (χ1) is 4.45. The molecule has 0 rings (SSSR count). The molecule has 0 aromatic rings. The third-order valence-electron chi connectivity index (χ3n) is 0.981. The van der Waals surface area contributed by atoms with Gasteiger partial charge in [-0.25, -0.2) is 0 Å². The number of nitrogens with two attached hydrogens (primary N) is 1. The van der Waals surface area contributed by atoms with Crippen molar-refractivity contribution in [3.8, 4) is 0 Å². The largest absolute Gasteiger partial charge is 0.327 e. The van der Waals surface area contributed by atoms with Crippen LogP contribution in [0.25, 0.3) is 0 Å². The van der Waals surface area contributed by atoms with Gasteiger partial charge in [0.05, 0.1) is 5.75 Å². The summed E-state index contributed by atoms with van der Waals surface area (Å²) in [6.07, 6.45) is 0.252. The van der Waals surface area contributed by atoms with E-state index in [0.29, 0.717) is 5.75 Å². The molecule has 0 unspecified atom stereocenters. The normalized spacial score (nSPS) is 13.7. The van der Waals surface area contributed by atoms with Gasteiger partial charge in [-0.2, -0.15) is 21.0 Å². The van der Waals surface area contributed by atoms with Gasteiger partial charge in [-0.15, -0.1) is 0 Å². The van der Waals surface area contributed by atoms with Crippen LogP contribution < -0.4 is 5.73 Å². The van der Waals surface area contributed by atoms with Gasteiger partial charge < -0.3 is 5.73 Å². The molecule has 0 fully saturated rings. The van der Waals surface area contributed by atoms with Crippen LogP contribution in [0.2, 0.25) is 0 Å². The molecule has 63 valence electrons. The molecule has 1 radical (unpaired) electrons. The molecular weight excluding hydrogens is 197 g/mol. The first kappa shape index (κ1) is 14.7. The Morgan fingerprint density at radius 3 is 2.27 bits per heavy atom. The molecule has 0 bridgehead atoms. The molecule has 4 nitrogen and oxygen atoms in total. The summed E-state index contributed by atoms with van der Waals surface area (Å²) in [5.74, 6) is 0.143. The Bertz CT molecular complexity index is 182. The molecule has 0 saturated heterocycles. The molecule has 11 heavy (non-hydrogen) atoms. The van der Waals surface area contributed by atoms with Gasteiger partial charge in [0.2, 0.25) is 0 Å². The predicted octanol–water partition coefficient (Wildman–Crippen LogP) is -0.859. The molecule has 7 heteroatoms. The third-order valence-corrected chi connectivity index (χ3v) is 2.20. The molecule has 0 saturated carbocycles. The number of thiol groups is 1. The van der Waals surface area contributed by atoms with Gasteiger partial charge in [-0.3, -0.25) is 4.55 Å². The summed E-state index contributed by atoms with van der Waals surface area (Å²) in [6.45, 7) is 0. The quantitative estimate of drug-likeness (QED) is 0.319. The fourth-order valence-electron chi connectivity index (χ4n) is 0.392. The van der Waals surface area contributed by atoms with E-state index in [0.717, 1.165) is 0 Å². The second kappa shape index (κ2) is 6.71. The topological polar surface area (TPSA) is 80.4 Å². The van der Waals surface area contributed by atoms with E-state index in [1.165, 1.54) is 0 Å². The molecule has 0 spiro atoms. The van der Waals surface area contributed by atoms with Crippen LogP contribution in [0.4, 0.5) is 0 Å². The Morgan fingerprint density at radius 2 is 2.00 bits per heavy atom. The van der Waals surface area contributed by atoms with Crippen molar-refractivity contribution in [2.45, 2.75) is 12.5 Å². The van der Waals surface area contributed by atoms with Crippen molar-refractivity contribution in [3.63, 3.8) is 0 Å². The van der Waals surface area contributed by atoms with Crippen LogP contribution in [0.1, 0.15) is 6.42 Å². The maximum absolute atomic E-state index is 10.1. The van der Waals surface area contributed by atoms with Gasteiger partial charge in [-0.1, -0.05) is 0 Å². The summed E-state index contributed by atoms with van der Waals surface area (Å²) in [7, 11) is -3.84. The molecule has 0 aromatic carbocycles. The molecule has 1 atom stereocenters. The van der Waals surface area contributed by atoms with Gasteiger partial charge in [0.25, 0.3) is 10.1 Å². The molecule has 0 aliphatic heterocycles. The van der Waals surface area contributed by atoms with Crippen LogP contribution in [0.5, 0.6) is 0 Å². The average molecular weight is 208 g/mol. The van der Waals surface area contributed by atoms with Crippen LogP contribution in [0, 0.1) is 0 Å². The summed E-state index contributed by atoms with van der Waals surface area (Å²) >= 11 is 3.84. The smallest absolute Gasteiger partial charge is 0.264 e. The van der Waals surface area contributed by atoms with Crippen LogP contribution >= 0.6 is 12.6 Å². The number of hydrogen-bond acceptors (Lipinski definition) is 4. The second-order valence-electron chi connectivity index (χ2n) is 2.02. The summed E-state index contributed by atoms with van der Waals surface area (Å²) < 4.78 is 28.5. The van der Waals surface area contributed by atoms with Crippen molar-refractivity contribution in [1.82, 2.24) is 0 Å². The maximum atomic E-state index is 10.1. The van der Waals surface area contributed by atoms with Gasteiger partial charge in [-0.05, 0) is 6.42 Å². The molecule has 3 N–H and O–H groups in total. The summed E-state index contributed by atoms with van der Waals surface area (Å²) in [6, 6.07) is -0.259. The first-order valence-corrected chi connectivity index (χ1v) is 5.01. The zero-order valence-electron chi connectivity index (χ0n) is 6.40. The fourth-order valence-corrected chi connectivity index (χ4v) is 1.17. The molecule has 0 amide bonds. The van der Waals surface area contributed by atoms with E-state index in [1.807, 2.05) is 0 Å². The first-order valence-electron chi connectivity index (χ1n) is 2.77. The van der Waals surface area contributed by atoms with Crippen molar-refractivity contribution in [2.75, 3.05) is 11.5 Å². The van der Waals surface area contributed by atoms with Crippen LogP contribution in [-0.4, -0.2) is 60.1 Å². The maximum Gasteiger partial charge on any atom is 0.264 e. The van der Waals surface area contributed by atoms with Crippen LogP contribution in [-0.2, 0) is 10.1 Å². The van der Waals surface area contributed by atoms with Crippen LogP contribution in [0.15, 0.2) is 0 Å². The van der Waals surface area contributed by atoms with Crippen molar-refractivity contribution in [3.05, 3.63) is 0 Å². The van der Waals surface area contributed by atoms with Gasteiger partial charge >= 0.3 is 0 Å². The standard InChI is InChI=1S/C4H11NO3S2.Na/c5-4(3-9)1-2-10(6,7)8;/h4,9H,1-3,5H2,(H,6,7,8);/t4-;/m0./s1. The summed E-state index contributed by atoms with van der Waals surface area (Å²) in [4.78, 5) is 0. The second-order valence-corrected chi connectivity index (χ2v) is 3.95. The van der Waals surface area contributed by atoms with Gasteiger partial charge in [0, 0.05) is 41.4 Å². The fraction of sp³-hybridized carbons (Fsp3) is 1.00. The Hall–Kier alpha value is 1.22. The van der Waals surface area contributed by atoms with Crippen LogP contribution in [0.3, 0.4) is 0 Å². The summed E-state index contributed by atoms with van der Waals surface area (Å²) in [5, 5.41) is 0. The minimum atomic E-state index is -3.84. The zero-order valence-corrected chi connectivity index (χ0v) is 10.1. The molecule has 0 aliphatic carbocycles. The predicted molar refractivity (Wildman–Crippen MR) is 48.6 cm³/mol. The van der Waals surface area contributed by atoms with Crippen molar-refractivity contribution >= 4 is 52.3 Å². The van der Waals surface area contributed by atoms with Crippen molar-refractivity contribution in [1.29, 1.82) is 0 Å².